The number of halogens is 10. The van der Waals surface area contributed by atoms with Crippen molar-refractivity contribution in [2.45, 2.75) is 43.6 Å². The van der Waals surface area contributed by atoms with Gasteiger partial charge in [-0.1, -0.05) is 0 Å². The summed E-state index contributed by atoms with van der Waals surface area (Å²) in [4.78, 5) is 0. The van der Waals surface area contributed by atoms with E-state index in [2.05, 4.69) is 4.74 Å². The molecule has 0 amide bonds. The van der Waals surface area contributed by atoms with Gasteiger partial charge in [0.1, 0.15) is 6.67 Å². The highest BCUT2D eigenvalue weighted by Gasteiger charge is 2.78. The fourth-order valence-electron chi connectivity index (χ4n) is 1.16. The van der Waals surface area contributed by atoms with Crippen molar-refractivity contribution in [2.75, 3.05) is 6.67 Å². The molecule has 0 aliphatic heterocycles. The van der Waals surface area contributed by atoms with Gasteiger partial charge in [-0.15, -0.1) is 13.2 Å². The molecule has 0 aromatic rings. The predicted molar refractivity (Wildman–Crippen MR) is 42.0 cm³/mol. The van der Waals surface area contributed by atoms with E-state index in [1.165, 1.54) is 0 Å². The molecule has 116 valence electrons. The summed E-state index contributed by atoms with van der Waals surface area (Å²) in [7, 11) is 0. The van der Waals surface area contributed by atoms with E-state index in [0.29, 0.717) is 0 Å². The van der Waals surface area contributed by atoms with Crippen molar-refractivity contribution < 1.29 is 48.6 Å². The number of ether oxygens (including phenoxy) is 1. The molecule has 0 aromatic carbocycles. The Balaban J connectivity index is 6.01. The van der Waals surface area contributed by atoms with Gasteiger partial charge in [0.05, 0.1) is 0 Å². The SMILES string of the molecule is CC(F)(F)C(F)(CF)C(F)(OC(F)(F)F)C(C)(F)F. The molecule has 1 nitrogen and oxygen atoms in total. The van der Waals surface area contributed by atoms with E-state index in [9.17, 15) is 43.9 Å². The molecule has 0 aliphatic carbocycles. The van der Waals surface area contributed by atoms with Gasteiger partial charge in [0, 0.05) is 13.8 Å². The van der Waals surface area contributed by atoms with Crippen molar-refractivity contribution >= 4 is 0 Å². The average Bonchev–Trinajstić information content (AvgIpc) is 2.09. The topological polar surface area (TPSA) is 9.23 Å². The van der Waals surface area contributed by atoms with Gasteiger partial charge in [0.25, 0.3) is 11.6 Å². The first kappa shape index (κ1) is 18.3. The van der Waals surface area contributed by atoms with Crippen LogP contribution >= 0.6 is 0 Å². The molecule has 0 spiro atoms. The van der Waals surface area contributed by atoms with Crippen molar-refractivity contribution in [1.82, 2.24) is 0 Å². The van der Waals surface area contributed by atoms with Crippen LogP contribution < -0.4 is 0 Å². The average molecular weight is 310 g/mol. The molecule has 11 heteroatoms. The molecule has 0 N–H and O–H groups in total. The predicted octanol–water partition coefficient (Wildman–Crippen LogP) is 4.18. The zero-order valence-electron chi connectivity index (χ0n) is 9.39. The van der Waals surface area contributed by atoms with E-state index >= 15 is 0 Å². The smallest absolute Gasteiger partial charge is 0.247 e. The minimum atomic E-state index is -6.23. The summed E-state index contributed by atoms with van der Waals surface area (Å²) < 4.78 is 128. The maximum atomic E-state index is 13.6. The van der Waals surface area contributed by atoms with Gasteiger partial charge in [-0.25, -0.2) is 35.5 Å². The summed E-state index contributed by atoms with van der Waals surface area (Å²) in [6, 6.07) is 0. The van der Waals surface area contributed by atoms with Crippen LogP contribution in [0.3, 0.4) is 0 Å². The fraction of sp³-hybridized carbons (Fsp3) is 1.00. The normalized spacial score (nSPS) is 20.8. The second-order valence-corrected chi connectivity index (χ2v) is 3.85. The number of alkyl halides is 10. The molecular weight excluding hydrogens is 302 g/mol. The molecule has 0 saturated heterocycles. The lowest BCUT2D eigenvalue weighted by Gasteiger charge is -2.42. The third-order valence-electron chi connectivity index (χ3n) is 2.21. The van der Waals surface area contributed by atoms with Crippen LogP contribution in [0.2, 0.25) is 0 Å². The van der Waals surface area contributed by atoms with Gasteiger partial charge < -0.3 is 0 Å². The van der Waals surface area contributed by atoms with Crippen LogP contribution in [-0.2, 0) is 4.74 Å². The maximum absolute atomic E-state index is 13.6. The highest BCUT2D eigenvalue weighted by molar-refractivity contribution is 5.08. The Hall–Kier alpha value is -0.740. The Morgan fingerprint density at radius 3 is 1.26 bits per heavy atom. The molecule has 0 aromatic heterocycles. The highest BCUT2D eigenvalue weighted by atomic mass is 19.4. The van der Waals surface area contributed by atoms with Crippen LogP contribution in [0.5, 0.6) is 0 Å². The van der Waals surface area contributed by atoms with Gasteiger partial charge in [-0.3, -0.25) is 0 Å². The van der Waals surface area contributed by atoms with E-state index in [0.717, 1.165) is 0 Å². The lowest BCUT2D eigenvalue weighted by molar-refractivity contribution is -0.465. The van der Waals surface area contributed by atoms with Gasteiger partial charge in [0.15, 0.2) is 0 Å². The van der Waals surface area contributed by atoms with E-state index in [1.54, 1.807) is 0 Å². The Labute approximate surface area is 100 Å². The first-order valence-electron chi connectivity index (χ1n) is 4.48. The summed E-state index contributed by atoms with van der Waals surface area (Å²) >= 11 is 0. The highest BCUT2D eigenvalue weighted by Crippen LogP contribution is 2.53. The third-order valence-corrected chi connectivity index (χ3v) is 2.21. The van der Waals surface area contributed by atoms with Crippen molar-refractivity contribution in [3.05, 3.63) is 0 Å². The van der Waals surface area contributed by atoms with Crippen molar-refractivity contribution in [2.24, 2.45) is 0 Å². The minimum Gasteiger partial charge on any atom is -0.247 e. The van der Waals surface area contributed by atoms with Crippen LogP contribution in [-0.4, -0.2) is 36.4 Å². The Morgan fingerprint density at radius 1 is 0.737 bits per heavy atom. The molecule has 2 atom stereocenters. The Kier molecular flexibility index (Phi) is 4.49. The molecule has 0 aliphatic rings. The van der Waals surface area contributed by atoms with Gasteiger partial charge in [-0.2, -0.15) is 0 Å². The van der Waals surface area contributed by atoms with Gasteiger partial charge in [0.2, 0.25) is 0 Å². The molecule has 0 rings (SSSR count). The first-order valence-corrected chi connectivity index (χ1v) is 4.48. The van der Waals surface area contributed by atoms with Crippen LogP contribution in [0.4, 0.5) is 43.9 Å². The third kappa shape index (κ3) is 3.23. The van der Waals surface area contributed by atoms with E-state index in [1.807, 2.05) is 0 Å². The second-order valence-electron chi connectivity index (χ2n) is 3.85. The lowest BCUT2D eigenvalue weighted by atomic mass is 9.87. The molecule has 0 fully saturated rings. The zero-order chi connectivity index (χ0) is 15.9. The summed E-state index contributed by atoms with van der Waals surface area (Å²) in [5, 5.41) is 0. The summed E-state index contributed by atoms with van der Waals surface area (Å²) in [6.07, 6.45) is -6.23. The molecule has 0 bridgehead atoms. The number of rotatable bonds is 5. The summed E-state index contributed by atoms with van der Waals surface area (Å²) in [5.74, 6) is -16.5. The quantitative estimate of drug-likeness (QED) is 0.692. The van der Waals surface area contributed by atoms with Gasteiger partial charge in [-0.05, 0) is 0 Å². The van der Waals surface area contributed by atoms with Crippen LogP contribution in [0.25, 0.3) is 0 Å². The minimum absolute atomic E-state index is 0.549. The molecule has 2 unspecified atom stereocenters. The molecular formula is C8H8F10O. The Bertz CT molecular complexity index is 315. The van der Waals surface area contributed by atoms with Crippen LogP contribution in [0.1, 0.15) is 13.8 Å². The zero-order valence-corrected chi connectivity index (χ0v) is 9.39. The molecule has 19 heavy (non-hydrogen) atoms. The van der Waals surface area contributed by atoms with E-state index in [-0.39, 0.29) is 0 Å². The largest absolute Gasteiger partial charge is 0.525 e. The monoisotopic (exact) mass is 310 g/mol. The van der Waals surface area contributed by atoms with Crippen LogP contribution in [0.15, 0.2) is 0 Å². The lowest BCUT2D eigenvalue weighted by Crippen LogP contribution is -2.69. The summed E-state index contributed by atoms with van der Waals surface area (Å²) in [5.41, 5.74) is -5.53. The number of hydrogen-bond acceptors (Lipinski definition) is 1. The first-order chi connectivity index (χ1) is 8.02. The van der Waals surface area contributed by atoms with Crippen molar-refractivity contribution in [3.63, 3.8) is 0 Å². The second kappa shape index (κ2) is 4.67. The molecule has 0 saturated carbocycles. The fourth-order valence-corrected chi connectivity index (χ4v) is 1.16. The molecule has 0 heterocycles. The van der Waals surface area contributed by atoms with Crippen molar-refractivity contribution in [1.29, 1.82) is 0 Å². The Morgan fingerprint density at radius 2 is 1.11 bits per heavy atom. The summed E-state index contributed by atoms with van der Waals surface area (Å²) in [6.45, 7) is -4.35. The van der Waals surface area contributed by atoms with Gasteiger partial charge >= 0.3 is 18.1 Å². The number of hydrogen-bond donors (Lipinski definition) is 0. The maximum Gasteiger partial charge on any atom is 0.525 e. The van der Waals surface area contributed by atoms with E-state index in [4.69, 9.17) is 0 Å². The standard InChI is InChI=1S/C8H8F10O/c1-4(10,11)6(14,3-9)7(15,5(2,12)13)19-8(16,17)18/h3H2,1-2H3. The molecule has 0 radical (unpaired) electrons. The van der Waals surface area contributed by atoms with Crippen molar-refractivity contribution in [3.8, 4) is 0 Å². The van der Waals surface area contributed by atoms with E-state index < -0.39 is 50.3 Å². The van der Waals surface area contributed by atoms with Crippen LogP contribution in [0, 0.1) is 0 Å².